The standard InChI is InChI=1S/C21H21N3O5/c1-4-7-14-8-5-6-9-17(14)28-13-15-10-11-18(29-15)20(25)23-16-12-22-24(2)19(16)21(26)27-3/h4-6,8-12H,1,7,13H2,2-3H3,(H,23,25). The fraction of sp³-hybridized carbons (Fsp3) is 0.190. The summed E-state index contributed by atoms with van der Waals surface area (Å²) < 4.78 is 17.4. The Morgan fingerprint density at radius 2 is 2.07 bits per heavy atom. The first-order valence-electron chi connectivity index (χ1n) is 8.85. The van der Waals surface area contributed by atoms with Crippen LogP contribution in [0.25, 0.3) is 0 Å². The van der Waals surface area contributed by atoms with Crippen molar-refractivity contribution in [1.29, 1.82) is 0 Å². The molecule has 3 rings (SSSR count). The second-order valence-electron chi connectivity index (χ2n) is 6.13. The minimum atomic E-state index is -0.605. The van der Waals surface area contributed by atoms with Gasteiger partial charge in [0, 0.05) is 7.05 Å². The maximum Gasteiger partial charge on any atom is 0.358 e. The topological polar surface area (TPSA) is 95.6 Å². The molecule has 0 fully saturated rings. The number of aromatic nitrogens is 2. The van der Waals surface area contributed by atoms with Gasteiger partial charge in [-0.05, 0) is 30.2 Å². The molecule has 2 aromatic heterocycles. The number of esters is 1. The first kappa shape index (κ1) is 19.9. The van der Waals surface area contributed by atoms with Gasteiger partial charge in [0.05, 0.1) is 19.0 Å². The predicted molar refractivity (Wildman–Crippen MR) is 106 cm³/mol. The molecule has 8 nitrogen and oxygen atoms in total. The summed E-state index contributed by atoms with van der Waals surface area (Å²) in [6, 6.07) is 10.8. The van der Waals surface area contributed by atoms with Gasteiger partial charge < -0.3 is 19.2 Å². The lowest BCUT2D eigenvalue weighted by atomic mass is 10.1. The van der Waals surface area contributed by atoms with E-state index in [2.05, 4.69) is 17.0 Å². The zero-order valence-corrected chi connectivity index (χ0v) is 16.2. The van der Waals surface area contributed by atoms with Crippen molar-refractivity contribution in [2.24, 2.45) is 7.05 Å². The highest BCUT2D eigenvalue weighted by Crippen LogP contribution is 2.21. The number of anilines is 1. The van der Waals surface area contributed by atoms with Gasteiger partial charge in [0.2, 0.25) is 0 Å². The van der Waals surface area contributed by atoms with Crippen LogP contribution in [0, 0.1) is 0 Å². The van der Waals surface area contributed by atoms with Crippen LogP contribution in [0.2, 0.25) is 0 Å². The molecule has 0 spiro atoms. The zero-order valence-electron chi connectivity index (χ0n) is 16.2. The van der Waals surface area contributed by atoms with Crippen LogP contribution in [0.4, 0.5) is 5.69 Å². The summed E-state index contributed by atoms with van der Waals surface area (Å²) in [7, 11) is 2.83. The van der Waals surface area contributed by atoms with Crippen molar-refractivity contribution >= 4 is 17.6 Å². The van der Waals surface area contributed by atoms with Crippen LogP contribution in [0.3, 0.4) is 0 Å². The monoisotopic (exact) mass is 395 g/mol. The van der Waals surface area contributed by atoms with E-state index in [-0.39, 0.29) is 23.7 Å². The summed E-state index contributed by atoms with van der Waals surface area (Å²) in [6.07, 6.45) is 3.86. The lowest BCUT2D eigenvalue weighted by Gasteiger charge is -2.09. The number of methoxy groups -OCH3 is 1. The van der Waals surface area contributed by atoms with Gasteiger partial charge in [-0.15, -0.1) is 6.58 Å². The molecule has 0 unspecified atom stereocenters. The average Bonchev–Trinajstić information content (AvgIpc) is 3.34. The number of furan rings is 1. The Labute approximate surface area is 167 Å². The number of ether oxygens (including phenoxy) is 2. The number of hydrogen-bond acceptors (Lipinski definition) is 6. The lowest BCUT2D eigenvalue weighted by Crippen LogP contribution is -2.16. The molecule has 2 heterocycles. The molecule has 0 aliphatic heterocycles. The summed E-state index contributed by atoms with van der Waals surface area (Å²) in [6.45, 7) is 3.91. The molecular weight excluding hydrogens is 374 g/mol. The third-order valence-corrected chi connectivity index (χ3v) is 4.16. The average molecular weight is 395 g/mol. The van der Waals surface area contributed by atoms with E-state index in [0.29, 0.717) is 12.2 Å². The second-order valence-corrected chi connectivity index (χ2v) is 6.13. The van der Waals surface area contributed by atoms with Crippen molar-refractivity contribution < 1.29 is 23.5 Å². The van der Waals surface area contributed by atoms with E-state index in [1.165, 1.54) is 24.1 Å². The predicted octanol–water partition coefficient (Wildman–Crippen LogP) is 3.36. The smallest absolute Gasteiger partial charge is 0.358 e. The Kier molecular flexibility index (Phi) is 6.13. The second kappa shape index (κ2) is 8.92. The van der Waals surface area contributed by atoms with E-state index >= 15 is 0 Å². The molecule has 3 aromatic rings. The van der Waals surface area contributed by atoms with Crippen molar-refractivity contribution in [2.45, 2.75) is 13.0 Å². The van der Waals surface area contributed by atoms with Crippen LogP contribution in [0.5, 0.6) is 5.75 Å². The van der Waals surface area contributed by atoms with Gasteiger partial charge in [0.1, 0.15) is 18.1 Å². The normalized spacial score (nSPS) is 10.4. The van der Waals surface area contributed by atoms with Gasteiger partial charge in [-0.25, -0.2) is 4.79 Å². The molecule has 1 amide bonds. The Morgan fingerprint density at radius 3 is 2.83 bits per heavy atom. The fourth-order valence-corrected chi connectivity index (χ4v) is 2.75. The number of carbonyl (C=O) groups excluding carboxylic acids is 2. The van der Waals surface area contributed by atoms with Crippen LogP contribution < -0.4 is 10.1 Å². The molecule has 150 valence electrons. The summed E-state index contributed by atoms with van der Waals surface area (Å²) in [5, 5.41) is 6.57. The summed E-state index contributed by atoms with van der Waals surface area (Å²) in [4.78, 5) is 24.3. The van der Waals surface area contributed by atoms with E-state index in [1.54, 1.807) is 19.2 Å². The van der Waals surface area contributed by atoms with E-state index < -0.39 is 11.9 Å². The zero-order chi connectivity index (χ0) is 20.8. The van der Waals surface area contributed by atoms with Crippen LogP contribution in [0.15, 0.2) is 59.7 Å². The molecule has 1 N–H and O–H groups in total. The molecule has 0 aliphatic carbocycles. The van der Waals surface area contributed by atoms with E-state index in [1.807, 2.05) is 24.3 Å². The number of para-hydroxylation sites is 1. The third-order valence-electron chi connectivity index (χ3n) is 4.16. The van der Waals surface area contributed by atoms with Gasteiger partial charge in [0.15, 0.2) is 11.5 Å². The minimum absolute atomic E-state index is 0.0858. The Hall–Kier alpha value is -3.81. The fourth-order valence-electron chi connectivity index (χ4n) is 2.75. The number of nitrogens with zero attached hydrogens (tertiary/aromatic N) is 2. The summed E-state index contributed by atoms with van der Waals surface area (Å²) >= 11 is 0. The van der Waals surface area contributed by atoms with Crippen molar-refractivity contribution in [3.8, 4) is 5.75 Å². The quantitative estimate of drug-likeness (QED) is 0.464. The Bertz CT molecular complexity index is 1030. The van der Waals surface area contributed by atoms with Crippen molar-refractivity contribution in [1.82, 2.24) is 9.78 Å². The Balaban J connectivity index is 1.67. The van der Waals surface area contributed by atoms with Crippen molar-refractivity contribution in [3.63, 3.8) is 0 Å². The van der Waals surface area contributed by atoms with Gasteiger partial charge in [-0.1, -0.05) is 24.3 Å². The van der Waals surface area contributed by atoms with Gasteiger partial charge in [-0.3, -0.25) is 9.48 Å². The maximum atomic E-state index is 12.5. The number of hydrogen-bond donors (Lipinski definition) is 1. The third kappa shape index (κ3) is 4.55. The molecule has 1 aromatic carbocycles. The minimum Gasteiger partial charge on any atom is -0.485 e. The number of carbonyl (C=O) groups is 2. The number of aryl methyl sites for hydroxylation is 1. The van der Waals surface area contributed by atoms with Crippen LogP contribution in [-0.4, -0.2) is 28.8 Å². The van der Waals surface area contributed by atoms with Gasteiger partial charge >= 0.3 is 5.97 Å². The van der Waals surface area contributed by atoms with E-state index in [9.17, 15) is 9.59 Å². The molecule has 29 heavy (non-hydrogen) atoms. The molecular formula is C21H21N3O5. The van der Waals surface area contributed by atoms with E-state index in [4.69, 9.17) is 13.9 Å². The molecule has 0 radical (unpaired) electrons. The van der Waals surface area contributed by atoms with Crippen LogP contribution in [0.1, 0.15) is 32.4 Å². The van der Waals surface area contributed by atoms with Crippen LogP contribution in [-0.2, 0) is 24.8 Å². The highest BCUT2D eigenvalue weighted by molar-refractivity contribution is 6.06. The molecule has 0 atom stereocenters. The molecule has 8 heteroatoms. The van der Waals surface area contributed by atoms with Crippen LogP contribution >= 0.6 is 0 Å². The number of nitrogens with one attached hydrogen (secondary N) is 1. The molecule has 0 aliphatic rings. The number of rotatable bonds is 8. The lowest BCUT2D eigenvalue weighted by molar-refractivity contribution is 0.0589. The summed E-state index contributed by atoms with van der Waals surface area (Å²) in [5.74, 6) is 0.187. The maximum absolute atomic E-state index is 12.5. The van der Waals surface area contributed by atoms with Crippen molar-refractivity contribution in [3.05, 3.63) is 78.0 Å². The summed E-state index contributed by atoms with van der Waals surface area (Å²) in [5.41, 5.74) is 1.38. The Morgan fingerprint density at radius 1 is 1.28 bits per heavy atom. The molecule has 0 bridgehead atoms. The first-order valence-corrected chi connectivity index (χ1v) is 8.85. The van der Waals surface area contributed by atoms with E-state index in [0.717, 1.165) is 11.3 Å². The SMILES string of the molecule is C=CCc1ccccc1OCc1ccc(C(=O)Nc2cnn(C)c2C(=O)OC)o1. The molecule has 0 saturated carbocycles. The number of benzene rings is 1. The number of allylic oxidation sites excluding steroid dienone is 1. The number of amides is 1. The first-order chi connectivity index (χ1) is 14.0. The highest BCUT2D eigenvalue weighted by Gasteiger charge is 2.21. The van der Waals surface area contributed by atoms with Gasteiger partial charge in [0.25, 0.3) is 5.91 Å². The molecule has 0 saturated heterocycles. The van der Waals surface area contributed by atoms with Crippen molar-refractivity contribution in [2.75, 3.05) is 12.4 Å². The van der Waals surface area contributed by atoms with Gasteiger partial charge in [-0.2, -0.15) is 5.10 Å². The largest absolute Gasteiger partial charge is 0.485 e. The highest BCUT2D eigenvalue weighted by atomic mass is 16.5.